The van der Waals surface area contributed by atoms with Crippen molar-refractivity contribution in [3.05, 3.63) is 23.8 Å². The zero-order chi connectivity index (χ0) is 13.7. The third-order valence-corrected chi connectivity index (χ3v) is 2.29. The van der Waals surface area contributed by atoms with E-state index in [9.17, 15) is 9.59 Å². The summed E-state index contributed by atoms with van der Waals surface area (Å²) in [6, 6.07) is 3.46. The number of hydrogen-bond acceptors (Lipinski definition) is 4. The van der Waals surface area contributed by atoms with Crippen LogP contribution in [0.25, 0.3) is 0 Å². The van der Waals surface area contributed by atoms with E-state index in [1.165, 1.54) is 0 Å². The Bertz CT molecular complexity index is 459. The minimum absolute atomic E-state index is 0.484. The van der Waals surface area contributed by atoms with Crippen molar-refractivity contribution in [1.29, 1.82) is 0 Å². The first-order chi connectivity index (χ1) is 8.45. The second kappa shape index (κ2) is 6.02. The Morgan fingerprint density at radius 3 is 2.67 bits per heavy atom. The van der Waals surface area contributed by atoms with Crippen LogP contribution in [0.2, 0.25) is 0 Å². The number of hydrogen-bond donors (Lipinski definition) is 3. The molecule has 0 saturated heterocycles. The Morgan fingerprint density at radius 1 is 1.50 bits per heavy atom. The summed E-state index contributed by atoms with van der Waals surface area (Å²) < 4.78 is 5.35. The number of carbonyl (C=O) groups is 2. The van der Waals surface area contributed by atoms with Crippen LogP contribution in [0.5, 0.6) is 5.75 Å². The van der Waals surface area contributed by atoms with Crippen LogP contribution in [-0.4, -0.2) is 29.6 Å². The average Bonchev–Trinajstić information content (AvgIpc) is 2.31. The van der Waals surface area contributed by atoms with Gasteiger partial charge < -0.3 is 20.9 Å². The molecule has 1 aromatic rings. The van der Waals surface area contributed by atoms with Gasteiger partial charge in [0.05, 0.1) is 6.61 Å². The van der Waals surface area contributed by atoms with E-state index in [-0.39, 0.29) is 0 Å². The van der Waals surface area contributed by atoms with Gasteiger partial charge in [0.25, 0.3) is 5.91 Å². The Kier molecular flexibility index (Phi) is 4.67. The van der Waals surface area contributed by atoms with Gasteiger partial charge in [0.1, 0.15) is 5.75 Å². The lowest BCUT2D eigenvalue weighted by molar-refractivity contribution is -0.141. The summed E-state index contributed by atoms with van der Waals surface area (Å²) in [5.41, 5.74) is 6.52. The third-order valence-electron chi connectivity index (χ3n) is 2.29. The number of nitrogens with one attached hydrogen (secondary N) is 1. The molecule has 4 N–H and O–H groups in total. The quantitative estimate of drug-likeness (QED) is 0.671. The Hall–Kier alpha value is -2.08. The SMILES string of the molecule is CCOc1ccc(NC(=O)C(N)C(=O)O)cc1C. The number of anilines is 1. The molecule has 0 aliphatic heterocycles. The van der Waals surface area contributed by atoms with E-state index in [4.69, 9.17) is 15.6 Å². The van der Waals surface area contributed by atoms with Crippen LogP contribution in [0.15, 0.2) is 18.2 Å². The number of benzene rings is 1. The summed E-state index contributed by atoms with van der Waals surface area (Å²) in [5, 5.41) is 11.0. The van der Waals surface area contributed by atoms with Crippen LogP contribution >= 0.6 is 0 Å². The maximum Gasteiger partial charge on any atom is 0.330 e. The molecular formula is C12H16N2O4. The number of rotatable bonds is 5. The molecule has 6 nitrogen and oxygen atoms in total. The minimum Gasteiger partial charge on any atom is -0.494 e. The number of carboxylic acids is 1. The zero-order valence-electron chi connectivity index (χ0n) is 10.3. The van der Waals surface area contributed by atoms with Crippen LogP contribution in [-0.2, 0) is 9.59 Å². The third kappa shape index (κ3) is 3.46. The molecule has 0 aliphatic rings. The topological polar surface area (TPSA) is 102 Å². The fraction of sp³-hybridized carbons (Fsp3) is 0.333. The van der Waals surface area contributed by atoms with Crippen molar-refractivity contribution in [3.63, 3.8) is 0 Å². The van der Waals surface area contributed by atoms with Crippen molar-refractivity contribution >= 4 is 17.6 Å². The molecule has 0 radical (unpaired) electrons. The minimum atomic E-state index is -1.57. The van der Waals surface area contributed by atoms with E-state index >= 15 is 0 Å². The number of nitrogens with two attached hydrogens (primary N) is 1. The average molecular weight is 252 g/mol. The first-order valence-electron chi connectivity index (χ1n) is 5.48. The summed E-state index contributed by atoms with van der Waals surface area (Å²) in [4.78, 5) is 22.0. The van der Waals surface area contributed by atoms with E-state index in [1.807, 2.05) is 13.8 Å². The van der Waals surface area contributed by atoms with Crippen LogP contribution in [0.4, 0.5) is 5.69 Å². The maximum absolute atomic E-state index is 11.4. The highest BCUT2D eigenvalue weighted by Gasteiger charge is 2.21. The van der Waals surface area contributed by atoms with Gasteiger partial charge in [0.2, 0.25) is 0 Å². The molecule has 0 heterocycles. The molecular weight excluding hydrogens is 236 g/mol. The first kappa shape index (κ1) is 14.0. The zero-order valence-corrected chi connectivity index (χ0v) is 10.3. The molecule has 0 fully saturated rings. The van der Waals surface area contributed by atoms with Gasteiger partial charge in [-0.3, -0.25) is 4.79 Å². The Morgan fingerprint density at radius 2 is 2.17 bits per heavy atom. The van der Waals surface area contributed by atoms with Gasteiger partial charge in [0.15, 0.2) is 6.04 Å². The lowest BCUT2D eigenvalue weighted by Gasteiger charge is -2.11. The Labute approximate surface area is 105 Å². The fourth-order valence-corrected chi connectivity index (χ4v) is 1.38. The highest BCUT2D eigenvalue weighted by Crippen LogP contribution is 2.21. The second-order valence-electron chi connectivity index (χ2n) is 3.72. The lowest BCUT2D eigenvalue weighted by atomic mass is 10.2. The van der Waals surface area contributed by atoms with E-state index in [1.54, 1.807) is 18.2 Å². The molecule has 18 heavy (non-hydrogen) atoms. The van der Waals surface area contributed by atoms with Gasteiger partial charge in [0, 0.05) is 5.69 Å². The fourth-order valence-electron chi connectivity index (χ4n) is 1.38. The highest BCUT2D eigenvalue weighted by molar-refractivity contribution is 6.07. The molecule has 6 heteroatoms. The molecule has 1 rings (SSSR count). The standard InChI is InChI=1S/C12H16N2O4/c1-3-18-9-5-4-8(6-7(9)2)14-11(15)10(13)12(16)17/h4-6,10H,3,13H2,1-2H3,(H,14,15)(H,16,17). The lowest BCUT2D eigenvalue weighted by Crippen LogP contribution is -2.42. The largest absolute Gasteiger partial charge is 0.494 e. The first-order valence-corrected chi connectivity index (χ1v) is 5.48. The van der Waals surface area contributed by atoms with Crippen molar-refractivity contribution in [2.24, 2.45) is 5.73 Å². The van der Waals surface area contributed by atoms with E-state index in [0.29, 0.717) is 12.3 Å². The number of amides is 1. The van der Waals surface area contributed by atoms with Crippen LogP contribution < -0.4 is 15.8 Å². The van der Waals surface area contributed by atoms with Crippen molar-refractivity contribution in [2.45, 2.75) is 19.9 Å². The molecule has 1 unspecified atom stereocenters. The molecule has 0 aliphatic carbocycles. The van der Waals surface area contributed by atoms with Crippen molar-refractivity contribution in [2.75, 3.05) is 11.9 Å². The number of aliphatic carboxylic acids is 1. The predicted octanol–water partition coefficient (Wildman–Crippen LogP) is 0.744. The van der Waals surface area contributed by atoms with Gasteiger partial charge >= 0.3 is 5.97 Å². The molecule has 0 aromatic heterocycles. The van der Waals surface area contributed by atoms with Gasteiger partial charge in [-0.15, -0.1) is 0 Å². The van der Waals surface area contributed by atoms with Crippen LogP contribution in [0.1, 0.15) is 12.5 Å². The summed E-state index contributed by atoms with van der Waals surface area (Å²) in [7, 11) is 0. The monoisotopic (exact) mass is 252 g/mol. The maximum atomic E-state index is 11.4. The smallest absolute Gasteiger partial charge is 0.330 e. The van der Waals surface area contributed by atoms with Gasteiger partial charge in [-0.05, 0) is 37.6 Å². The number of aryl methyl sites for hydroxylation is 1. The highest BCUT2D eigenvalue weighted by atomic mass is 16.5. The normalized spacial score (nSPS) is 11.7. The molecule has 0 saturated carbocycles. The van der Waals surface area contributed by atoms with Gasteiger partial charge in [-0.1, -0.05) is 0 Å². The molecule has 98 valence electrons. The van der Waals surface area contributed by atoms with Gasteiger partial charge in [-0.2, -0.15) is 0 Å². The molecule has 0 spiro atoms. The van der Waals surface area contributed by atoms with E-state index in [0.717, 1.165) is 11.3 Å². The number of carboxylic acid groups (broad SMARTS) is 1. The molecule has 1 atom stereocenters. The molecule has 0 bridgehead atoms. The summed E-state index contributed by atoms with van der Waals surface area (Å²) in [6.07, 6.45) is 0. The van der Waals surface area contributed by atoms with Crippen LogP contribution in [0.3, 0.4) is 0 Å². The summed E-state index contributed by atoms with van der Waals surface area (Å²) in [6.45, 7) is 4.26. The van der Waals surface area contributed by atoms with Crippen molar-refractivity contribution in [1.82, 2.24) is 0 Å². The number of ether oxygens (including phenoxy) is 1. The van der Waals surface area contributed by atoms with Crippen LogP contribution in [0, 0.1) is 6.92 Å². The Balaban J connectivity index is 2.77. The van der Waals surface area contributed by atoms with Crippen molar-refractivity contribution < 1.29 is 19.4 Å². The predicted molar refractivity (Wildman–Crippen MR) is 66.6 cm³/mol. The summed E-state index contributed by atoms with van der Waals surface area (Å²) in [5.74, 6) is -1.40. The van der Waals surface area contributed by atoms with E-state index < -0.39 is 17.9 Å². The number of carbonyl (C=O) groups excluding carboxylic acids is 1. The molecule has 1 amide bonds. The van der Waals surface area contributed by atoms with Crippen molar-refractivity contribution in [3.8, 4) is 5.75 Å². The second-order valence-corrected chi connectivity index (χ2v) is 3.72. The van der Waals surface area contributed by atoms with Gasteiger partial charge in [-0.25, -0.2) is 4.79 Å². The summed E-state index contributed by atoms with van der Waals surface area (Å²) >= 11 is 0. The molecule has 1 aromatic carbocycles. The van der Waals surface area contributed by atoms with E-state index in [2.05, 4.69) is 5.32 Å².